The molecule has 2 N–H and O–H groups in total. The van der Waals surface area contributed by atoms with Crippen LogP contribution >= 0.6 is 11.3 Å². The van der Waals surface area contributed by atoms with E-state index in [1.165, 1.54) is 6.20 Å². The third kappa shape index (κ3) is 6.68. The van der Waals surface area contributed by atoms with Gasteiger partial charge in [-0.3, -0.25) is 0 Å². The summed E-state index contributed by atoms with van der Waals surface area (Å²) in [6.07, 6.45) is 1.34. The molecule has 0 saturated heterocycles. The van der Waals surface area contributed by atoms with Gasteiger partial charge in [0.2, 0.25) is 10.0 Å². The van der Waals surface area contributed by atoms with E-state index < -0.39 is 32.1 Å². The maximum absolute atomic E-state index is 11.8. The Hall–Kier alpha value is -0.106. The molecule has 1 rings (SSSR count). The van der Waals surface area contributed by atoms with E-state index >= 15 is 0 Å². The van der Waals surface area contributed by atoms with E-state index in [1.54, 1.807) is 0 Å². The Bertz CT molecular complexity index is 777. The number of nitrogens with zero attached hydrogens (tertiary/aromatic N) is 1. The molecule has 0 aliphatic heterocycles. The molecular formula is C19H40N2O4S2Si2. The van der Waals surface area contributed by atoms with Crippen molar-refractivity contribution < 1.29 is 17.3 Å². The average molecular weight is 481 g/mol. The standard InChI is InChI=1S/C19H40N2O4S2Si2/c1-17(2,3)28(8,9)24-13-19(7,14-25-29(10,11)18(4,5)6)16-21-12-15(26-16)27(20,22)23/h12H,13-14H2,1-11H3,(H2,20,22,23). The largest absolute Gasteiger partial charge is 0.416 e. The first-order chi connectivity index (χ1) is 12.6. The van der Waals surface area contributed by atoms with Crippen LogP contribution in [0.5, 0.6) is 0 Å². The summed E-state index contributed by atoms with van der Waals surface area (Å²) in [6.45, 7) is 24.9. The summed E-state index contributed by atoms with van der Waals surface area (Å²) in [5.41, 5.74) is -0.557. The molecule has 0 aliphatic rings. The molecule has 1 aromatic heterocycles. The van der Waals surface area contributed by atoms with E-state index in [0.717, 1.165) is 11.3 Å². The predicted molar refractivity (Wildman–Crippen MR) is 127 cm³/mol. The first-order valence-electron chi connectivity index (χ1n) is 9.89. The third-order valence-electron chi connectivity index (χ3n) is 6.40. The zero-order valence-corrected chi connectivity index (χ0v) is 23.6. The molecule has 0 spiro atoms. The number of hydrogen-bond donors (Lipinski definition) is 1. The second-order valence-electron chi connectivity index (χ2n) is 11.2. The van der Waals surface area contributed by atoms with Gasteiger partial charge in [0, 0.05) is 13.2 Å². The number of primary sulfonamides is 1. The number of hydrogen-bond acceptors (Lipinski definition) is 6. The lowest BCUT2D eigenvalue weighted by Gasteiger charge is -2.42. The van der Waals surface area contributed by atoms with E-state index in [9.17, 15) is 8.42 Å². The second kappa shape index (κ2) is 8.44. The van der Waals surface area contributed by atoms with Crippen molar-refractivity contribution >= 4 is 38.0 Å². The Kier molecular flexibility index (Phi) is 7.84. The van der Waals surface area contributed by atoms with E-state index in [4.69, 9.17) is 14.0 Å². The zero-order chi connectivity index (χ0) is 23.1. The summed E-state index contributed by atoms with van der Waals surface area (Å²) >= 11 is 1.11. The number of nitrogens with two attached hydrogens (primary N) is 1. The van der Waals surface area contributed by atoms with E-state index in [2.05, 4.69) is 72.7 Å². The summed E-state index contributed by atoms with van der Waals surface area (Å²) in [5, 5.41) is 6.13. The smallest absolute Gasteiger partial charge is 0.249 e. The van der Waals surface area contributed by atoms with Crippen LogP contribution in [-0.4, -0.2) is 43.3 Å². The van der Waals surface area contributed by atoms with Gasteiger partial charge in [-0.1, -0.05) is 41.5 Å². The minimum absolute atomic E-state index is 0.0679. The van der Waals surface area contributed by atoms with Crippen LogP contribution in [0.2, 0.25) is 36.3 Å². The molecule has 0 amide bonds. The molecule has 6 nitrogen and oxygen atoms in total. The fourth-order valence-corrected chi connectivity index (χ4v) is 5.84. The molecule has 0 unspecified atom stereocenters. The van der Waals surface area contributed by atoms with Crippen LogP contribution in [0.15, 0.2) is 10.4 Å². The molecule has 0 radical (unpaired) electrons. The minimum atomic E-state index is -3.78. The van der Waals surface area contributed by atoms with Crippen LogP contribution in [0.1, 0.15) is 53.5 Å². The molecule has 29 heavy (non-hydrogen) atoms. The monoisotopic (exact) mass is 480 g/mol. The van der Waals surface area contributed by atoms with Gasteiger partial charge in [-0.15, -0.1) is 11.3 Å². The Labute approximate surface area is 183 Å². The highest BCUT2D eigenvalue weighted by atomic mass is 32.2. The highest BCUT2D eigenvalue weighted by molar-refractivity contribution is 7.91. The van der Waals surface area contributed by atoms with Crippen LogP contribution in [0.25, 0.3) is 0 Å². The van der Waals surface area contributed by atoms with Gasteiger partial charge in [0.25, 0.3) is 0 Å². The normalized spacial score (nSPS) is 15.0. The van der Waals surface area contributed by atoms with E-state index in [0.29, 0.717) is 18.2 Å². The molecule has 10 heteroatoms. The van der Waals surface area contributed by atoms with Crippen molar-refractivity contribution in [2.24, 2.45) is 5.14 Å². The van der Waals surface area contributed by atoms with Crippen LogP contribution in [0.4, 0.5) is 0 Å². The Morgan fingerprint density at radius 1 is 0.931 bits per heavy atom. The maximum atomic E-state index is 11.8. The SMILES string of the molecule is CC(CO[Si](C)(C)C(C)(C)C)(CO[Si](C)(C)C(C)(C)C)c1ncc(S(N)(=O)=O)s1. The van der Waals surface area contributed by atoms with Crippen molar-refractivity contribution in [3.63, 3.8) is 0 Å². The lowest BCUT2D eigenvalue weighted by molar-refractivity contribution is 0.137. The van der Waals surface area contributed by atoms with Gasteiger partial charge in [0.15, 0.2) is 20.8 Å². The van der Waals surface area contributed by atoms with Gasteiger partial charge in [-0.2, -0.15) is 0 Å². The summed E-state index contributed by atoms with van der Waals surface area (Å²) in [7, 11) is -7.78. The maximum Gasteiger partial charge on any atom is 0.249 e. The number of aromatic nitrogens is 1. The lowest BCUT2D eigenvalue weighted by Crippen LogP contribution is -2.48. The molecule has 0 aromatic carbocycles. The van der Waals surface area contributed by atoms with Crippen molar-refractivity contribution in [2.45, 2.75) is 94.4 Å². The molecule has 170 valence electrons. The topological polar surface area (TPSA) is 91.5 Å². The van der Waals surface area contributed by atoms with Gasteiger partial charge in [0.1, 0.15) is 5.01 Å². The fraction of sp³-hybridized carbons (Fsp3) is 0.842. The highest BCUT2D eigenvalue weighted by Crippen LogP contribution is 2.41. The Balaban J connectivity index is 3.25. The second-order valence-corrected chi connectivity index (χ2v) is 23.6. The molecule has 0 saturated carbocycles. The van der Waals surface area contributed by atoms with Crippen LogP contribution < -0.4 is 5.14 Å². The van der Waals surface area contributed by atoms with Crippen LogP contribution in [-0.2, 0) is 24.3 Å². The Morgan fingerprint density at radius 2 is 1.31 bits per heavy atom. The average Bonchev–Trinajstić information content (AvgIpc) is 3.00. The van der Waals surface area contributed by atoms with Crippen molar-refractivity contribution in [3.05, 3.63) is 11.2 Å². The summed E-state index contributed by atoms with van der Waals surface area (Å²) in [6, 6.07) is 0. The first kappa shape index (κ1) is 26.9. The number of thiazole rings is 1. The van der Waals surface area contributed by atoms with E-state index in [-0.39, 0.29) is 14.3 Å². The van der Waals surface area contributed by atoms with Crippen LogP contribution in [0.3, 0.4) is 0 Å². The van der Waals surface area contributed by atoms with Crippen molar-refractivity contribution in [2.75, 3.05) is 13.2 Å². The number of rotatable bonds is 8. The van der Waals surface area contributed by atoms with Crippen molar-refractivity contribution in [1.29, 1.82) is 0 Å². The molecule has 1 aromatic rings. The van der Waals surface area contributed by atoms with Crippen molar-refractivity contribution in [1.82, 2.24) is 4.98 Å². The molecular weight excluding hydrogens is 441 g/mol. The summed E-state index contributed by atoms with van der Waals surface area (Å²) in [5.74, 6) is 0. The van der Waals surface area contributed by atoms with Gasteiger partial charge >= 0.3 is 0 Å². The summed E-state index contributed by atoms with van der Waals surface area (Å²) < 4.78 is 36.6. The molecule has 1 heterocycles. The van der Waals surface area contributed by atoms with Gasteiger partial charge in [-0.05, 0) is 43.2 Å². The minimum Gasteiger partial charge on any atom is -0.416 e. The van der Waals surface area contributed by atoms with Gasteiger partial charge in [-0.25, -0.2) is 18.5 Å². The van der Waals surface area contributed by atoms with E-state index in [1.807, 2.05) is 6.92 Å². The predicted octanol–water partition coefficient (Wildman–Crippen LogP) is 5.09. The van der Waals surface area contributed by atoms with Gasteiger partial charge in [0.05, 0.1) is 11.6 Å². The fourth-order valence-electron chi connectivity index (χ4n) is 1.95. The van der Waals surface area contributed by atoms with Gasteiger partial charge < -0.3 is 8.85 Å². The Morgan fingerprint density at radius 3 is 1.59 bits per heavy atom. The molecule has 0 atom stereocenters. The first-order valence-corrected chi connectivity index (χ1v) is 18.1. The molecule has 0 bridgehead atoms. The zero-order valence-electron chi connectivity index (χ0n) is 20.0. The number of sulfonamides is 1. The van der Waals surface area contributed by atoms with Crippen molar-refractivity contribution in [3.8, 4) is 0 Å². The molecule has 0 aliphatic carbocycles. The third-order valence-corrected chi connectivity index (χ3v) is 18.1. The summed E-state index contributed by atoms with van der Waals surface area (Å²) in [4.78, 5) is 4.41. The quantitative estimate of drug-likeness (QED) is 0.523. The molecule has 0 fully saturated rings. The van der Waals surface area contributed by atoms with Crippen LogP contribution in [0, 0.1) is 0 Å². The highest BCUT2D eigenvalue weighted by Gasteiger charge is 2.43. The lowest BCUT2D eigenvalue weighted by atomic mass is 9.94.